The van der Waals surface area contributed by atoms with Crippen LogP contribution in [0.4, 0.5) is 18.9 Å². The molecule has 1 saturated carbocycles. The van der Waals surface area contributed by atoms with Gasteiger partial charge in [0.25, 0.3) is 0 Å². The molecule has 0 radical (unpaired) electrons. The number of allylic oxidation sites excluding steroid dienone is 1. The van der Waals surface area contributed by atoms with Gasteiger partial charge in [-0.05, 0) is 44.7 Å². The highest BCUT2D eigenvalue weighted by molar-refractivity contribution is 6.09. The van der Waals surface area contributed by atoms with E-state index in [0.29, 0.717) is 29.0 Å². The van der Waals surface area contributed by atoms with Gasteiger partial charge in [0.05, 0.1) is 13.0 Å². The molecule has 27 heavy (non-hydrogen) atoms. The van der Waals surface area contributed by atoms with Crippen LogP contribution in [0.3, 0.4) is 0 Å². The van der Waals surface area contributed by atoms with Crippen LogP contribution >= 0.6 is 0 Å². The van der Waals surface area contributed by atoms with Gasteiger partial charge in [0.2, 0.25) is 0 Å². The summed E-state index contributed by atoms with van der Waals surface area (Å²) in [5.41, 5.74) is 3.20. The maximum atomic E-state index is 12.6. The van der Waals surface area contributed by atoms with Crippen molar-refractivity contribution in [1.82, 2.24) is 5.32 Å². The number of nitrogens with one attached hydrogen (secondary N) is 2. The molecule has 0 spiro atoms. The molecule has 1 heterocycles. The van der Waals surface area contributed by atoms with Crippen LogP contribution in [0.5, 0.6) is 5.75 Å². The van der Waals surface area contributed by atoms with Crippen molar-refractivity contribution in [3.8, 4) is 5.75 Å². The fraction of sp³-hybridized carbons (Fsp3) is 0.550. The summed E-state index contributed by atoms with van der Waals surface area (Å²) in [6, 6.07) is 4.62. The van der Waals surface area contributed by atoms with E-state index < -0.39 is 19.2 Å². The lowest BCUT2D eigenvalue weighted by atomic mass is 9.92. The predicted molar refractivity (Wildman–Crippen MR) is 102 cm³/mol. The lowest BCUT2D eigenvalue weighted by Crippen LogP contribution is -2.34. The van der Waals surface area contributed by atoms with Crippen molar-refractivity contribution >= 4 is 17.5 Å². The van der Waals surface area contributed by atoms with Gasteiger partial charge in [-0.3, -0.25) is 0 Å². The van der Waals surface area contributed by atoms with Crippen molar-refractivity contribution < 1.29 is 17.9 Å². The summed E-state index contributed by atoms with van der Waals surface area (Å²) >= 11 is 0. The summed E-state index contributed by atoms with van der Waals surface area (Å²) < 4.78 is 43.5. The second-order valence-corrected chi connectivity index (χ2v) is 7.34. The molecule has 1 aromatic carbocycles. The van der Waals surface area contributed by atoms with Crippen molar-refractivity contribution in [2.45, 2.75) is 57.3 Å². The zero-order chi connectivity index (χ0) is 19.6. The number of nitrogens with zero attached hydrogens (tertiary/aromatic N) is 1. The van der Waals surface area contributed by atoms with Gasteiger partial charge < -0.3 is 20.4 Å². The van der Waals surface area contributed by atoms with Crippen molar-refractivity contribution in [3.63, 3.8) is 0 Å². The first-order valence-corrected chi connectivity index (χ1v) is 9.35. The second-order valence-electron chi connectivity index (χ2n) is 7.34. The highest BCUT2D eigenvalue weighted by Gasteiger charge is 2.29. The quantitative estimate of drug-likeness (QED) is 0.682. The van der Waals surface area contributed by atoms with Crippen molar-refractivity contribution in [2.24, 2.45) is 0 Å². The molecule has 148 valence electrons. The topological polar surface area (TPSA) is 48.4 Å². The maximum absolute atomic E-state index is 12.6. The molecule has 0 saturated heterocycles. The highest BCUT2D eigenvalue weighted by atomic mass is 19.4. The summed E-state index contributed by atoms with van der Waals surface area (Å²) in [6.45, 7) is 1.71. The van der Waals surface area contributed by atoms with Crippen LogP contribution < -0.4 is 15.0 Å². The van der Waals surface area contributed by atoms with E-state index in [1.807, 2.05) is 19.2 Å². The van der Waals surface area contributed by atoms with E-state index >= 15 is 0 Å². The molecule has 0 aromatic heterocycles. The van der Waals surface area contributed by atoms with Crippen LogP contribution in [0.25, 0.3) is 5.57 Å². The monoisotopic (exact) mass is 381 g/mol. The van der Waals surface area contributed by atoms with Crippen LogP contribution in [0.1, 0.15) is 43.7 Å². The van der Waals surface area contributed by atoms with Gasteiger partial charge in [-0.25, -0.2) is 0 Å². The normalized spacial score (nSPS) is 20.3. The molecule has 7 heteroatoms. The van der Waals surface area contributed by atoms with Crippen molar-refractivity contribution in [1.29, 1.82) is 5.41 Å². The Bertz CT molecular complexity index is 726. The van der Waals surface area contributed by atoms with E-state index in [2.05, 4.69) is 17.1 Å². The molecule has 1 aromatic rings. The van der Waals surface area contributed by atoms with Gasteiger partial charge in [0.1, 0.15) is 5.75 Å². The summed E-state index contributed by atoms with van der Waals surface area (Å²) in [5.74, 6) is 0.475. The highest BCUT2D eigenvalue weighted by Crippen LogP contribution is 2.40. The van der Waals surface area contributed by atoms with Gasteiger partial charge in [-0.1, -0.05) is 0 Å². The number of hydrogen-bond acceptors (Lipinski definition) is 4. The summed E-state index contributed by atoms with van der Waals surface area (Å²) in [5, 5.41) is 11.0. The SMILES string of the molecule is CC1CCc2c(ccc(/C(C=N)=C/NC3CC3)c2OCCC(F)(F)F)N1C. The van der Waals surface area contributed by atoms with E-state index in [9.17, 15) is 13.2 Å². The number of hydrogen-bond donors (Lipinski definition) is 2. The zero-order valence-electron chi connectivity index (χ0n) is 15.7. The van der Waals surface area contributed by atoms with E-state index in [4.69, 9.17) is 10.1 Å². The Labute approximate surface area is 157 Å². The van der Waals surface area contributed by atoms with Gasteiger partial charge >= 0.3 is 6.18 Å². The average molecular weight is 381 g/mol. The number of rotatable bonds is 7. The fourth-order valence-electron chi connectivity index (χ4n) is 3.29. The number of alkyl halides is 3. The van der Waals surface area contributed by atoms with Crippen LogP contribution in [0.2, 0.25) is 0 Å². The third-order valence-electron chi connectivity index (χ3n) is 5.24. The van der Waals surface area contributed by atoms with Crippen LogP contribution in [0.15, 0.2) is 18.3 Å². The molecule has 4 nitrogen and oxygen atoms in total. The Kier molecular flexibility index (Phi) is 5.67. The molecular weight excluding hydrogens is 355 g/mol. The van der Waals surface area contributed by atoms with Crippen molar-refractivity contribution in [3.05, 3.63) is 29.5 Å². The third-order valence-corrected chi connectivity index (χ3v) is 5.24. The fourth-order valence-corrected chi connectivity index (χ4v) is 3.29. The molecule has 1 aliphatic carbocycles. The Balaban J connectivity index is 1.95. The summed E-state index contributed by atoms with van der Waals surface area (Å²) in [6.07, 6.45) is 1.61. The first-order valence-electron chi connectivity index (χ1n) is 9.35. The molecular formula is C20H26F3N3O. The molecule has 1 atom stereocenters. The van der Waals surface area contributed by atoms with Crippen LogP contribution in [-0.4, -0.2) is 38.1 Å². The lowest BCUT2D eigenvalue weighted by Gasteiger charge is -2.35. The molecule has 3 rings (SSSR count). The number of fused-ring (bicyclic) bond motifs is 1. The van der Waals surface area contributed by atoms with Gasteiger partial charge in [0.15, 0.2) is 0 Å². The number of ether oxygens (including phenoxy) is 1. The van der Waals surface area contributed by atoms with Gasteiger partial charge in [-0.15, -0.1) is 0 Å². The van der Waals surface area contributed by atoms with E-state index in [0.717, 1.165) is 36.9 Å². The summed E-state index contributed by atoms with van der Waals surface area (Å²) in [7, 11) is 1.99. The number of halogens is 3. The predicted octanol–water partition coefficient (Wildman–Crippen LogP) is 4.53. The van der Waals surface area contributed by atoms with E-state index in [1.54, 1.807) is 6.20 Å². The van der Waals surface area contributed by atoms with Crippen LogP contribution in [0, 0.1) is 5.41 Å². The minimum atomic E-state index is -4.26. The third kappa shape index (κ3) is 4.76. The average Bonchev–Trinajstić information content (AvgIpc) is 3.43. The second kappa shape index (κ2) is 7.82. The Morgan fingerprint density at radius 2 is 2.07 bits per heavy atom. The minimum absolute atomic E-state index is 0.362. The number of benzene rings is 1. The summed E-state index contributed by atoms with van der Waals surface area (Å²) in [4.78, 5) is 2.13. The molecule has 0 bridgehead atoms. The van der Waals surface area contributed by atoms with Crippen LogP contribution in [-0.2, 0) is 6.42 Å². The van der Waals surface area contributed by atoms with E-state index in [1.165, 1.54) is 6.21 Å². The lowest BCUT2D eigenvalue weighted by molar-refractivity contribution is -0.139. The van der Waals surface area contributed by atoms with Gasteiger partial charge in [-0.2, -0.15) is 13.2 Å². The smallest absolute Gasteiger partial charge is 0.392 e. The van der Waals surface area contributed by atoms with Crippen molar-refractivity contribution in [2.75, 3.05) is 18.6 Å². The minimum Gasteiger partial charge on any atom is -0.492 e. The molecule has 0 amide bonds. The standard InChI is InChI=1S/C20H26F3N3O/c1-13-3-6-17-18(26(13)2)8-7-16(14(11-24)12-25-15-4-5-15)19(17)27-10-9-20(21,22)23/h7-8,11-13,15,24-25H,3-6,9-10H2,1-2H3/b14-12+,24-11?. The largest absolute Gasteiger partial charge is 0.492 e. The van der Waals surface area contributed by atoms with Gasteiger partial charge in [0, 0.05) is 53.9 Å². The molecule has 1 aliphatic heterocycles. The Hall–Kier alpha value is -2.18. The molecule has 1 unspecified atom stereocenters. The first-order chi connectivity index (χ1) is 12.8. The first kappa shape index (κ1) is 19.6. The van der Waals surface area contributed by atoms with E-state index in [-0.39, 0.29) is 0 Å². The molecule has 2 aliphatic rings. The maximum Gasteiger partial charge on any atom is 0.392 e. The Morgan fingerprint density at radius 3 is 2.70 bits per heavy atom. The Morgan fingerprint density at radius 1 is 1.33 bits per heavy atom. The molecule has 2 N–H and O–H groups in total. The molecule has 1 fully saturated rings. The zero-order valence-corrected chi connectivity index (χ0v) is 15.7. The number of anilines is 1.